The van der Waals surface area contributed by atoms with Crippen LogP contribution in [0, 0.1) is 0 Å². The molecule has 0 bridgehead atoms. The standard InChI is InChI=1S/C12H30OSi2.C4H8O3/c1-11(2,3)14(7,8)13-15(9,10)12(4,5)6;1-3(5)2-4(6)7/h1-10H3;3,5H,2H2,1H3,(H,6,7). The van der Waals surface area contributed by atoms with Crippen molar-refractivity contribution in [3.05, 3.63) is 0 Å². The van der Waals surface area contributed by atoms with Crippen molar-refractivity contribution in [2.24, 2.45) is 0 Å². The van der Waals surface area contributed by atoms with Crippen LogP contribution in [0.3, 0.4) is 0 Å². The molecule has 2 N–H and O–H groups in total. The number of aliphatic hydroxyl groups excluding tert-OH is 1. The third-order valence-corrected chi connectivity index (χ3v) is 15.9. The first kappa shape index (κ1) is 24.1. The van der Waals surface area contributed by atoms with E-state index in [9.17, 15) is 4.79 Å². The second-order valence-electron chi connectivity index (χ2n) is 9.07. The van der Waals surface area contributed by atoms with Gasteiger partial charge in [-0.15, -0.1) is 0 Å². The second-order valence-corrected chi connectivity index (χ2v) is 18.9. The van der Waals surface area contributed by atoms with Crippen LogP contribution < -0.4 is 0 Å². The highest BCUT2D eigenvalue weighted by Crippen LogP contribution is 2.44. The first-order chi connectivity index (χ1) is 9.33. The summed E-state index contributed by atoms with van der Waals surface area (Å²) >= 11 is 0. The van der Waals surface area contributed by atoms with E-state index < -0.39 is 28.7 Å². The molecule has 1 unspecified atom stereocenters. The maximum atomic E-state index is 9.65. The quantitative estimate of drug-likeness (QED) is 0.711. The van der Waals surface area contributed by atoms with E-state index in [4.69, 9.17) is 14.3 Å². The lowest BCUT2D eigenvalue weighted by atomic mass is 10.2. The van der Waals surface area contributed by atoms with Crippen LogP contribution in [0.2, 0.25) is 36.3 Å². The van der Waals surface area contributed by atoms with Gasteiger partial charge in [-0.1, -0.05) is 41.5 Å². The molecule has 0 radical (unpaired) electrons. The summed E-state index contributed by atoms with van der Waals surface area (Å²) in [6, 6.07) is 0. The molecule has 1 atom stereocenters. The van der Waals surface area contributed by atoms with Crippen LogP contribution in [-0.2, 0) is 8.91 Å². The van der Waals surface area contributed by atoms with E-state index in [1.807, 2.05) is 0 Å². The van der Waals surface area contributed by atoms with Crippen molar-refractivity contribution in [2.75, 3.05) is 0 Å². The minimum Gasteiger partial charge on any atom is -0.481 e. The molecule has 134 valence electrons. The smallest absolute Gasteiger partial charge is 0.305 e. The van der Waals surface area contributed by atoms with Gasteiger partial charge in [0.2, 0.25) is 0 Å². The van der Waals surface area contributed by atoms with Crippen molar-refractivity contribution in [1.82, 2.24) is 0 Å². The average Bonchev–Trinajstić information content (AvgIpc) is 2.09. The van der Waals surface area contributed by atoms with Crippen LogP contribution in [0.4, 0.5) is 0 Å². The average molecular weight is 351 g/mol. The molecule has 0 amide bonds. The summed E-state index contributed by atoms with van der Waals surface area (Å²) in [5, 5.41) is 16.9. The number of aliphatic hydroxyl groups is 1. The Hall–Kier alpha value is -0.176. The Morgan fingerprint density at radius 3 is 1.32 bits per heavy atom. The zero-order chi connectivity index (χ0) is 18.6. The first-order valence-corrected chi connectivity index (χ1v) is 13.7. The third kappa shape index (κ3) is 9.07. The van der Waals surface area contributed by atoms with Gasteiger partial charge in [-0.05, 0) is 43.2 Å². The predicted molar refractivity (Wildman–Crippen MR) is 99.4 cm³/mol. The molecule has 0 aliphatic rings. The lowest BCUT2D eigenvalue weighted by molar-refractivity contribution is -0.138. The van der Waals surface area contributed by atoms with E-state index in [0.29, 0.717) is 10.1 Å². The predicted octanol–water partition coefficient (Wildman–Crippen LogP) is 4.86. The molecular formula is C16H38O4Si2. The Morgan fingerprint density at radius 1 is 0.955 bits per heavy atom. The van der Waals surface area contributed by atoms with Crippen LogP contribution in [0.1, 0.15) is 54.9 Å². The number of rotatable bonds is 4. The number of hydrogen-bond acceptors (Lipinski definition) is 3. The van der Waals surface area contributed by atoms with Crippen molar-refractivity contribution >= 4 is 22.6 Å². The molecule has 4 nitrogen and oxygen atoms in total. The number of carboxylic acid groups (broad SMARTS) is 1. The lowest BCUT2D eigenvalue weighted by Crippen LogP contribution is -2.53. The van der Waals surface area contributed by atoms with E-state index in [-0.39, 0.29) is 6.42 Å². The number of carbonyl (C=O) groups is 1. The molecule has 0 aromatic rings. The molecule has 0 aromatic carbocycles. The number of carboxylic acids is 1. The van der Waals surface area contributed by atoms with Gasteiger partial charge in [0, 0.05) is 0 Å². The van der Waals surface area contributed by atoms with Gasteiger partial charge in [0.25, 0.3) is 0 Å². The van der Waals surface area contributed by atoms with Crippen LogP contribution in [0.5, 0.6) is 0 Å². The summed E-state index contributed by atoms with van der Waals surface area (Å²) < 4.78 is 6.63. The highest BCUT2D eigenvalue weighted by Gasteiger charge is 2.46. The van der Waals surface area contributed by atoms with Gasteiger partial charge in [0.1, 0.15) is 0 Å². The van der Waals surface area contributed by atoms with Crippen LogP contribution in [0.25, 0.3) is 0 Å². The van der Waals surface area contributed by atoms with Gasteiger partial charge >= 0.3 is 5.97 Å². The molecule has 0 fully saturated rings. The summed E-state index contributed by atoms with van der Waals surface area (Å²) in [7, 11) is -3.18. The van der Waals surface area contributed by atoms with Gasteiger partial charge < -0.3 is 14.3 Å². The van der Waals surface area contributed by atoms with Gasteiger partial charge in [0.05, 0.1) is 12.5 Å². The fraction of sp³-hybridized carbons (Fsp3) is 0.938. The number of aliphatic carboxylic acids is 1. The fourth-order valence-electron chi connectivity index (χ4n) is 1.20. The van der Waals surface area contributed by atoms with E-state index in [1.54, 1.807) is 0 Å². The molecule has 6 heteroatoms. The summed E-state index contributed by atoms with van der Waals surface area (Å²) in [6.07, 6.45) is -0.891. The topological polar surface area (TPSA) is 66.8 Å². The lowest BCUT2D eigenvalue weighted by Gasteiger charge is -2.47. The van der Waals surface area contributed by atoms with Gasteiger partial charge in [-0.25, -0.2) is 0 Å². The number of hydrogen-bond donors (Lipinski definition) is 2. The van der Waals surface area contributed by atoms with Gasteiger partial charge in [0.15, 0.2) is 16.6 Å². The molecular weight excluding hydrogens is 312 g/mol. The zero-order valence-corrected chi connectivity index (χ0v) is 18.5. The molecule has 0 rings (SSSR count). The van der Waals surface area contributed by atoms with E-state index in [1.165, 1.54) is 6.92 Å². The second kappa shape index (κ2) is 8.08. The van der Waals surface area contributed by atoms with Gasteiger partial charge in [-0.2, -0.15) is 0 Å². The van der Waals surface area contributed by atoms with E-state index in [0.717, 1.165) is 0 Å². The Balaban J connectivity index is 0. The fourth-order valence-corrected chi connectivity index (χ4v) is 8.75. The van der Waals surface area contributed by atoms with Crippen molar-refractivity contribution in [3.8, 4) is 0 Å². The van der Waals surface area contributed by atoms with Crippen LogP contribution in [0.15, 0.2) is 0 Å². The highest BCUT2D eigenvalue weighted by atomic mass is 28.4. The first-order valence-electron chi connectivity index (χ1n) is 7.93. The maximum absolute atomic E-state index is 9.65. The largest absolute Gasteiger partial charge is 0.481 e. The monoisotopic (exact) mass is 350 g/mol. The molecule has 0 aromatic heterocycles. The van der Waals surface area contributed by atoms with Crippen molar-refractivity contribution in [3.63, 3.8) is 0 Å². The zero-order valence-electron chi connectivity index (χ0n) is 16.5. The van der Waals surface area contributed by atoms with E-state index >= 15 is 0 Å². The normalized spacial score (nSPS) is 14.9. The van der Waals surface area contributed by atoms with Crippen molar-refractivity contribution < 1.29 is 19.1 Å². The summed E-state index contributed by atoms with van der Waals surface area (Å²) in [5.41, 5.74) is 0. The summed E-state index contributed by atoms with van der Waals surface area (Å²) in [6.45, 7) is 24.7. The Bertz CT molecular complexity index is 326. The molecule has 0 heterocycles. The van der Waals surface area contributed by atoms with Crippen LogP contribution in [-0.4, -0.2) is 38.9 Å². The van der Waals surface area contributed by atoms with Gasteiger partial charge in [-0.3, -0.25) is 4.79 Å². The Morgan fingerprint density at radius 2 is 1.23 bits per heavy atom. The van der Waals surface area contributed by atoms with Crippen molar-refractivity contribution in [2.45, 2.75) is 97.3 Å². The molecule has 22 heavy (non-hydrogen) atoms. The Labute approximate surface area is 139 Å². The van der Waals surface area contributed by atoms with Crippen LogP contribution >= 0.6 is 0 Å². The summed E-state index contributed by atoms with van der Waals surface area (Å²) in [4.78, 5) is 9.65. The third-order valence-electron chi connectivity index (χ3n) is 4.59. The highest BCUT2D eigenvalue weighted by molar-refractivity contribution is 6.87. The van der Waals surface area contributed by atoms with Crippen molar-refractivity contribution in [1.29, 1.82) is 0 Å². The molecule has 0 saturated carbocycles. The molecule has 0 saturated heterocycles. The molecule has 0 aliphatic carbocycles. The maximum Gasteiger partial charge on any atom is 0.305 e. The molecule has 0 aliphatic heterocycles. The minimum absolute atomic E-state index is 0.167. The summed E-state index contributed by atoms with van der Waals surface area (Å²) in [5.74, 6) is -0.963. The van der Waals surface area contributed by atoms with E-state index in [2.05, 4.69) is 67.7 Å². The SMILES string of the molecule is CC(C)(C)[Si](C)(C)O[Si](C)(C)C(C)(C)C.CC(O)CC(=O)O. The Kier molecular flexibility index (Phi) is 8.84. The minimum atomic E-state index is -1.59. The molecule has 0 spiro atoms.